The van der Waals surface area contributed by atoms with Gasteiger partial charge in [-0.25, -0.2) is 4.98 Å². The number of amides is 1. The average molecular weight is 291 g/mol. The molecule has 7 heteroatoms. The van der Waals surface area contributed by atoms with E-state index in [2.05, 4.69) is 10.1 Å². The summed E-state index contributed by atoms with van der Waals surface area (Å²) in [5.74, 6) is -0.0260. The molecule has 2 aromatic rings. The van der Waals surface area contributed by atoms with Gasteiger partial charge in [-0.05, 0) is 25.3 Å². The minimum atomic E-state index is -0.0260. The SMILES string of the molecule is Cn1ccc(C(=O)N2CCCC[C@H]2c2csc(N)n2)n1. The first kappa shape index (κ1) is 13.1. The first-order valence-electron chi connectivity index (χ1n) is 6.66. The van der Waals surface area contributed by atoms with Gasteiger partial charge in [0.15, 0.2) is 5.13 Å². The summed E-state index contributed by atoms with van der Waals surface area (Å²) < 4.78 is 1.65. The molecule has 3 heterocycles. The van der Waals surface area contributed by atoms with Gasteiger partial charge >= 0.3 is 0 Å². The van der Waals surface area contributed by atoms with Crippen LogP contribution in [-0.2, 0) is 7.05 Å². The van der Waals surface area contributed by atoms with Crippen molar-refractivity contribution in [2.24, 2.45) is 7.05 Å². The molecule has 1 atom stereocenters. The van der Waals surface area contributed by atoms with E-state index in [0.717, 1.165) is 31.5 Å². The Bertz CT molecular complexity index is 620. The third-order valence-electron chi connectivity index (χ3n) is 3.58. The van der Waals surface area contributed by atoms with Crippen LogP contribution in [0.3, 0.4) is 0 Å². The maximum atomic E-state index is 12.6. The Morgan fingerprint density at radius 1 is 1.50 bits per heavy atom. The summed E-state index contributed by atoms with van der Waals surface area (Å²) in [6, 6.07) is 1.77. The van der Waals surface area contributed by atoms with Gasteiger partial charge in [0, 0.05) is 25.2 Å². The molecule has 1 saturated heterocycles. The van der Waals surface area contributed by atoms with E-state index in [1.165, 1.54) is 11.3 Å². The Morgan fingerprint density at radius 3 is 3.00 bits per heavy atom. The summed E-state index contributed by atoms with van der Waals surface area (Å²) >= 11 is 1.42. The summed E-state index contributed by atoms with van der Waals surface area (Å²) in [4.78, 5) is 18.8. The summed E-state index contributed by atoms with van der Waals surface area (Å²) in [7, 11) is 1.81. The van der Waals surface area contributed by atoms with Gasteiger partial charge in [-0.3, -0.25) is 9.48 Å². The number of nitrogen functional groups attached to an aromatic ring is 1. The summed E-state index contributed by atoms with van der Waals surface area (Å²) in [5.41, 5.74) is 7.10. The minimum absolute atomic E-state index is 0.0202. The van der Waals surface area contributed by atoms with Crippen LogP contribution in [0.4, 0.5) is 5.13 Å². The predicted octanol–water partition coefficient (Wildman–Crippen LogP) is 1.83. The molecule has 106 valence electrons. The Kier molecular flexibility index (Phi) is 3.43. The number of carbonyl (C=O) groups excluding carboxylic acids is 1. The molecule has 20 heavy (non-hydrogen) atoms. The van der Waals surface area contributed by atoms with E-state index in [1.807, 2.05) is 17.3 Å². The highest BCUT2D eigenvalue weighted by Crippen LogP contribution is 2.32. The molecule has 3 rings (SSSR count). The zero-order valence-corrected chi connectivity index (χ0v) is 12.1. The number of thiazole rings is 1. The summed E-state index contributed by atoms with van der Waals surface area (Å²) in [5, 5.41) is 6.70. The van der Waals surface area contributed by atoms with E-state index in [9.17, 15) is 4.79 Å². The number of anilines is 1. The molecule has 0 unspecified atom stereocenters. The molecule has 2 N–H and O–H groups in total. The van der Waals surface area contributed by atoms with Crippen LogP contribution in [0.5, 0.6) is 0 Å². The Morgan fingerprint density at radius 2 is 2.35 bits per heavy atom. The number of nitrogens with zero attached hydrogens (tertiary/aromatic N) is 4. The van der Waals surface area contributed by atoms with Gasteiger partial charge < -0.3 is 10.6 Å². The van der Waals surface area contributed by atoms with E-state index in [0.29, 0.717) is 10.8 Å². The number of hydrogen-bond acceptors (Lipinski definition) is 5. The minimum Gasteiger partial charge on any atom is -0.375 e. The monoisotopic (exact) mass is 291 g/mol. The molecule has 0 aromatic carbocycles. The van der Waals surface area contributed by atoms with Crippen LogP contribution >= 0.6 is 11.3 Å². The molecule has 1 aliphatic heterocycles. The highest BCUT2D eigenvalue weighted by Gasteiger charge is 2.31. The third kappa shape index (κ3) is 2.40. The van der Waals surface area contributed by atoms with Gasteiger partial charge in [0.2, 0.25) is 0 Å². The fraction of sp³-hybridized carbons (Fsp3) is 0.462. The van der Waals surface area contributed by atoms with Crippen molar-refractivity contribution in [2.75, 3.05) is 12.3 Å². The maximum absolute atomic E-state index is 12.6. The fourth-order valence-corrected chi connectivity index (χ4v) is 3.22. The van der Waals surface area contributed by atoms with Crippen LogP contribution in [0, 0.1) is 0 Å². The zero-order valence-electron chi connectivity index (χ0n) is 11.3. The molecule has 1 amide bonds. The van der Waals surface area contributed by atoms with Gasteiger partial charge in [0.1, 0.15) is 5.69 Å². The van der Waals surface area contributed by atoms with Crippen molar-refractivity contribution < 1.29 is 4.79 Å². The van der Waals surface area contributed by atoms with Crippen LogP contribution in [0.1, 0.15) is 41.5 Å². The summed E-state index contributed by atoms with van der Waals surface area (Å²) in [6.07, 6.45) is 4.84. The van der Waals surface area contributed by atoms with E-state index in [4.69, 9.17) is 5.73 Å². The number of rotatable bonds is 2. The Balaban J connectivity index is 1.87. The molecule has 1 aliphatic rings. The van der Waals surface area contributed by atoms with Crippen LogP contribution in [0.2, 0.25) is 0 Å². The standard InChI is InChI=1S/C13H17N5OS/c1-17-7-5-9(16-17)12(19)18-6-3-2-4-11(18)10-8-20-13(14)15-10/h5,7-8,11H,2-4,6H2,1H3,(H2,14,15)/t11-/m0/s1. The molecule has 2 aromatic heterocycles. The van der Waals surface area contributed by atoms with Crippen molar-refractivity contribution >= 4 is 22.4 Å². The second kappa shape index (κ2) is 5.24. The first-order chi connectivity index (χ1) is 9.65. The zero-order chi connectivity index (χ0) is 14.1. The number of aryl methyl sites for hydroxylation is 1. The molecule has 0 aliphatic carbocycles. The van der Waals surface area contributed by atoms with Crippen molar-refractivity contribution in [2.45, 2.75) is 25.3 Å². The van der Waals surface area contributed by atoms with Gasteiger partial charge in [-0.2, -0.15) is 5.10 Å². The molecule has 0 radical (unpaired) electrons. The molecule has 6 nitrogen and oxygen atoms in total. The lowest BCUT2D eigenvalue weighted by Gasteiger charge is -2.34. The molecular formula is C13H17N5OS. The number of likely N-dealkylation sites (tertiary alicyclic amines) is 1. The van der Waals surface area contributed by atoms with Crippen molar-refractivity contribution in [1.82, 2.24) is 19.7 Å². The van der Waals surface area contributed by atoms with Gasteiger partial charge in [0.25, 0.3) is 5.91 Å². The number of hydrogen-bond donors (Lipinski definition) is 1. The van der Waals surface area contributed by atoms with Crippen molar-refractivity contribution in [3.05, 3.63) is 29.0 Å². The van der Waals surface area contributed by atoms with E-state index in [-0.39, 0.29) is 11.9 Å². The second-order valence-corrected chi connectivity index (χ2v) is 5.89. The molecule has 0 bridgehead atoms. The third-order valence-corrected chi connectivity index (χ3v) is 4.27. The quantitative estimate of drug-likeness (QED) is 0.915. The predicted molar refractivity (Wildman–Crippen MR) is 77.4 cm³/mol. The lowest BCUT2D eigenvalue weighted by Crippen LogP contribution is -2.38. The van der Waals surface area contributed by atoms with E-state index in [1.54, 1.807) is 16.9 Å². The van der Waals surface area contributed by atoms with Crippen LogP contribution in [0.15, 0.2) is 17.6 Å². The fourth-order valence-electron chi connectivity index (χ4n) is 2.61. The Labute approximate surface area is 121 Å². The molecule has 1 fully saturated rings. The number of nitrogens with two attached hydrogens (primary N) is 1. The topological polar surface area (TPSA) is 77.0 Å². The lowest BCUT2D eigenvalue weighted by molar-refractivity contribution is 0.0600. The van der Waals surface area contributed by atoms with Gasteiger partial charge in [-0.15, -0.1) is 11.3 Å². The van der Waals surface area contributed by atoms with Crippen molar-refractivity contribution in [3.8, 4) is 0 Å². The average Bonchev–Trinajstić information content (AvgIpc) is 3.07. The van der Waals surface area contributed by atoms with Crippen LogP contribution in [-0.4, -0.2) is 32.1 Å². The molecule has 0 saturated carbocycles. The highest BCUT2D eigenvalue weighted by molar-refractivity contribution is 7.13. The van der Waals surface area contributed by atoms with Crippen molar-refractivity contribution in [1.29, 1.82) is 0 Å². The Hall–Kier alpha value is -1.89. The van der Waals surface area contributed by atoms with Gasteiger partial charge in [-0.1, -0.05) is 0 Å². The largest absolute Gasteiger partial charge is 0.375 e. The first-order valence-corrected chi connectivity index (χ1v) is 7.54. The second-order valence-electron chi connectivity index (χ2n) is 5.00. The van der Waals surface area contributed by atoms with Gasteiger partial charge in [0.05, 0.1) is 11.7 Å². The van der Waals surface area contributed by atoms with Crippen LogP contribution in [0.25, 0.3) is 0 Å². The van der Waals surface area contributed by atoms with Crippen molar-refractivity contribution in [3.63, 3.8) is 0 Å². The normalized spacial score (nSPS) is 19.2. The number of aromatic nitrogens is 3. The smallest absolute Gasteiger partial charge is 0.274 e. The highest BCUT2D eigenvalue weighted by atomic mass is 32.1. The summed E-state index contributed by atoms with van der Waals surface area (Å²) in [6.45, 7) is 0.748. The van der Waals surface area contributed by atoms with E-state index < -0.39 is 0 Å². The molecule has 0 spiro atoms. The van der Waals surface area contributed by atoms with Crippen LogP contribution < -0.4 is 5.73 Å². The number of carbonyl (C=O) groups is 1. The molecular weight excluding hydrogens is 274 g/mol. The van der Waals surface area contributed by atoms with E-state index >= 15 is 0 Å². The maximum Gasteiger partial charge on any atom is 0.274 e. The lowest BCUT2D eigenvalue weighted by atomic mass is 9.99. The number of piperidine rings is 1.